The SMILES string of the molecule is CC(C)OC(=O)Nc1cccc(C(=Cc2c(C(=O)O)[nH]c3cc(Cl)ccc23)C(=O)O)c1. The number of ether oxygens (including phenoxy) is 1. The molecule has 0 unspecified atom stereocenters. The topological polar surface area (TPSA) is 129 Å². The molecule has 0 spiro atoms. The lowest BCUT2D eigenvalue weighted by Crippen LogP contribution is -2.18. The Balaban J connectivity index is 2.09. The second-order valence-corrected chi connectivity index (χ2v) is 7.37. The molecular weight excluding hydrogens is 424 g/mol. The lowest BCUT2D eigenvalue weighted by molar-refractivity contribution is -0.130. The molecule has 0 bridgehead atoms. The number of aromatic carboxylic acids is 1. The molecule has 0 saturated heterocycles. The number of amides is 1. The van der Waals surface area contributed by atoms with E-state index in [9.17, 15) is 24.6 Å². The van der Waals surface area contributed by atoms with Crippen LogP contribution < -0.4 is 5.32 Å². The van der Waals surface area contributed by atoms with Gasteiger partial charge in [-0.05, 0) is 49.8 Å². The quantitative estimate of drug-likeness (QED) is 0.393. The van der Waals surface area contributed by atoms with Crippen molar-refractivity contribution in [3.8, 4) is 0 Å². The molecule has 31 heavy (non-hydrogen) atoms. The van der Waals surface area contributed by atoms with Crippen LogP contribution in [-0.4, -0.2) is 39.3 Å². The molecule has 1 heterocycles. The van der Waals surface area contributed by atoms with E-state index < -0.39 is 18.0 Å². The average molecular weight is 443 g/mol. The Hall–Kier alpha value is -3.78. The Morgan fingerprint density at radius 3 is 2.52 bits per heavy atom. The summed E-state index contributed by atoms with van der Waals surface area (Å²) >= 11 is 5.98. The summed E-state index contributed by atoms with van der Waals surface area (Å²) in [6.45, 7) is 3.41. The molecule has 4 N–H and O–H groups in total. The first kappa shape index (κ1) is 21.9. The maximum atomic E-state index is 12.0. The number of carboxylic acid groups (broad SMARTS) is 2. The number of halogens is 1. The molecule has 3 rings (SSSR count). The number of hydrogen-bond donors (Lipinski definition) is 4. The van der Waals surface area contributed by atoms with E-state index in [1.54, 1.807) is 50.2 Å². The number of hydrogen-bond acceptors (Lipinski definition) is 4. The van der Waals surface area contributed by atoms with Crippen molar-refractivity contribution in [1.29, 1.82) is 0 Å². The monoisotopic (exact) mass is 442 g/mol. The van der Waals surface area contributed by atoms with Gasteiger partial charge in [0.1, 0.15) is 5.69 Å². The first-order valence-electron chi connectivity index (χ1n) is 9.23. The van der Waals surface area contributed by atoms with Crippen LogP contribution in [0.15, 0.2) is 42.5 Å². The van der Waals surface area contributed by atoms with Crippen molar-refractivity contribution < 1.29 is 29.3 Å². The van der Waals surface area contributed by atoms with Crippen LogP contribution in [0.2, 0.25) is 5.02 Å². The van der Waals surface area contributed by atoms with Gasteiger partial charge in [-0.15, -0.1) is 0 Å². The number of anilines is 1. The zero-order valence-corrected chi connectivity index (χ0v) is 17.4. The summed E-state index contributed by atoms with van der Waals surface area (Å²) in [5.41, 5.74) is 0.959. The molecule has 3 aromatic rings. The Labute approximate surface area is 182 Å². The number of H-pyrrole nitrogens is 1. The Morgan fingerprint density at radius 1 is 1.13 bits per heavy atom. The Bertz CT molecular complexity index is 1210. The van der Waals surface area contributed by atoms with Gasteiger partial charge >= 0.3 is 18.0 Å². The van der Waals surface area contributed by atoms with Gasteiger partial charge in [-0.1, -0.05) is 29.8 Å². The molecule has 0 aliphatic rings. The van der Waals surface area contributed by atoms with Crippen LogP contribution in [0.3, 0.4) is 0 Å². The zero-order chi connectivity index (χ0) is 22.7. The summed E-state index contributed by atoms with van der Waals surface area (Å²) in [6, 6.07) is 10.9. The van der Waals surface area contributed by atoms with Gasteiger partial charge in [0.25, 0.3) is 0 Å². The van der Waals surface area contributed by atoms with E-state index >= 15 is 0 Å². The summed E-state index contributed by atoms with van der Waals surface area (Å²) in [6.07, 6.45) is 0.293. The first-order valence-corrected chi connectivity index (χ1v) is 9.61. The van der Waals surface area contributed by atoms with Gasteiger partial charge in [0.2, 0.25) is 0 Å². The molecular formula is C22H19ClN2O6. The molecule has 160 valence electrons. The number of aromatic nitrogens is 1. The minimum Gasteiger partial charge on any atom is -0.478 e. The van der Waals surface area contributed by atoms with Gasteiger partial charge in [-0.25, -0.2) is 14.4 Å². The molecule has 0 fully saturated rings. The van der Waals surface area contributed by atoms with Crippen molar-refractivity contribution >= 4 is 57.9 Å². The van der Waals surface area contributed by atoms with Gasteiger partial charge in [-0.2, -0.15) is 0 Å². The molecule has 1 amide bonds. The van der Waals surface area contributed by atoms with Crippen LogP contribution >= 0.6 is 11.6 Å². The van der Waals surface area contributed by atoms with Gasteiger partial charge in [-0.3, -0.25) is 5.32 Å². The number of rotatable bonds is 6. The van der Waals surface area contributed by atoms with Crippen molar-refractivity contribution in [2.24, 2.45) is 0 Å². The number of benzene rings is 2. The second kappa shape index (κ2) is 8.93. The average Bonchev–Trinajstić information content (AvgIpc) is 3.03. The van der Waals surface area contributed by atoms with Crippen molar-refractivity contribution in [3.63, 3.8) is 0 Å². The van der Waals surface area contributed by atoms with Gasteiger partial charge < -0.3 is 19.9 Å². The molecule has 1 aromatic heterocycles. The fourth-order valence-electron chi connectivity index (χ4n) is 3.05. The Kier molecular flexibility index (Phi) is 6.31. The zero-order valence-electron chi connectivity index (χ0n) is 16.6. The van der Waals surface area contributed by atoms with E-state index in [1.807, 2.05) is 0 Å². The predicted molar refractivity (Wildman–Crippen MR) is 117 cm³/mol. The maximum absolute atomic E-state index is 12.0. The first-order chi connectivity index (χ1) is 14.7. The van der Waals surface area contributed by atoms with Crippen LogP contribution in [-0.2, 0) is 9.53 Å². The summed E-state index contributed by atoms with van der Waals surface area (Å²) in [4.78, 5) is 38.3. The number of carbonyl (C=O) groups is 3. The smallest absolute Gasteiger partial charge is 0.411 e. The largest absolute Gasteiger partial charge is 0.478 e. The molecule has 0 aliphatic heterocycles. The predicted octanol–water partition coefficient (Wildman–Crippen LogP) is 5.10. The van der Waals surface area contributed by atoms with Crippen LogP contribution in [0.4, 0.5) is 10.5 Å². The molecule has 0 atom stereocenters. The number of nitrogens with one attached hydrogen (secondary N) is 2. The van der Waals surface area contributed by atoms with Gasteiger partial charge in [0.05, 0.1) is 11.7 Å². The van der Waals surface area contributed by atoms with E-state index in [1.165, 1.54) is 12.1 Å². The van der Waals surface area contributed by atoms with E-state index in [4.69, 9.17) is 16.3 Å². The molecule has 8 nitrogen and oxygen atoms in total. The number of fused-ring (bicyclic) bond motifs is 1. The van der Waals surface area contributed by atoms with Crippen molar-refractivity contribution in [1.82, 2.24) is 4.98 Å². The summed E-state index contributed by atoms with van der Waals surface area (Å²) in [5, 5.41) is 22.8. The highest BCUT2D eigenvalue weighted by atomic mass is 35.5. The molecule has 0 radical (unpaired) electrons. The minimum absolute atomic E-state index is 0.153. The number of carboxylic acids is 2. The lowest BCUT2D eigenvalue weighted by Gasteiger charge is -2.11. The van der Waals surface area contributed by atoms with Gasteiger partial charge in [0.15, 0.2) is 0 Å². The summed E-state index contributed by atoms with van der Waals surface area (Å²) < 4.78 is 5.03. The second-order valence-electron chi connectivity index (χ2n) is 6.93. The summed E-state index contributed by atoms with van der Waals surface area (Å²) in [7, 11) is 0. The normalized spacial score (nSPS) is 11.5. The maximum Gasteiger partial charge on any atom is 0.411 e. The fraction of sp³-hybridized carbons (Fsp3) is 0.136. The standard InChI is InChI=1S/C22H19ClN2O6/c1-11(2)31-22(30)24-14-5-3-4-12(8-14)16(20(26)27)10-17-15-7-6-13(23)9-18(15)25-19(17)21(28)29/h3-11,25H,1-2H3,(H,24,30)(H,26,27)(H,28,29). The van der Waals surface area contributed by atoms with E-state index in [2.05, 4.69) is 10.3 Å². The fourth-order valence-corrected chi connectivity index (χ4v) is 3.22. The van der Waals surface area contributed by atoms with E-state index in [0.29, 0.717) is 21.6 Å². The van der Waals surface area contributed by atoms with Crippen LogP contribution in [0.1, 0.15) is 35.5 Å². The van der Waals surface area contributed by atoms with Crippen molar-refractivity contribution in [3.05, 3.63) is 64.3 Å². The number of carbonyl (C=O) groups excluding carboxylic acids is 1. The van der Waals surface area contributed by atoms with Gasteiger partial charge in [0, 0.05) is 27.2 Å². The Morgan fingerprint density at radius 2 is 1.87 bits per heavy atom. The van der Waals surface area contributed by atoms with Crippen LogP contribution in [0.25, 0.3) is 22.6 Å². The molecule has 2 aromatic carbocycles. The van der Waals surface area contributed by atoms with E-state index in [0.717, 1.165) is 0 Å². The third-order valence-electron chi connectivity index (χ3n) is 4.30. The highest BCUT2D eigenvalue weighted by Crippen LogP contribution is 2.30. The van der Waals surface area contributed by atoms with Crippen molar-refractivity contribution in [2.75, 3.05) is 5.32 Å². The highest BCUT2D eigenvalue weighted by Gasteiger charge is 2.19. The summed E-state index contributed by atoms with van der Waals surface area (Å²) in [5.74, 6) is -2.50. The third-order valence-corrected chi connectivity index (χ3v) is 4.53. The van der Waals surface area contributed by atoms with Crippen LogP contribution in [0.5, 0.6) is 0 Å². The molecule has 0 aliphatic carbocycles. The number of aromatic amines is 1. The third kappa shape index (κ3) is 5.04. The molecule has 0 saturated carbocycles. The number of aliphatic carboxylic acids is 1. The highest BCUT2D eigenvalue weighted by molar-refractivity contribution is 6.31. The van der Waals surface area contributed by atoms with Crippen LogP contribution in [0, 0.1) is 0 Å². The lowest BCUT2D eigenvalue weighted by atomic mass is 10.0. The van der Waals surface area contributed by atoms with Crippen molar-refractivity contribution in [2.45, 2.75) is 20.0 Å². The van der Waals surface area contributed by atoms with E-state index in [-0.39, 0.29) is 28.5 Å². The minimum atomic E-state index is -1.26. The molecule has 9 heteroatoms.